The van der Waals surface area contributed by atoms with Gasteiger partial charge in [-0.05, 0) is 17.0 Å². The summed E-state index contributed by atoms with van der Waals surface area (Å²) < 4.78 is 12.3. The standard InChI is InChI=1S/C51H44N4O.Pt/c1-50(2,3)39-29-31-52-48(32-39)55-47-34-42(27-26-38(47)28-30-51(55,4)5)56-41-21-14-20-40(33-41)53-35-54(46-25-13-12-24-45(46)53)49-43(36-16-8-6-9-17-36)22-15-23-44(49)37-18-10-7-11-19-37;/h6-27,29,31-32H,28,30H2,1-5H3;/q-2;. The fraction of sp³-hybridized carbons (Fsp3) is 0.176. The molecule has 0 aliphatic carbocycles. The van der Waals surface area contributed by atoms with Crippen LogP contribution in [0.3, 0.4) is 0 Å². The summed E-state index contributed by atoms with van der Waals surface area (Å²) in [6, 6.07) is 58.5. The molecule has 0 saturated heterocycles. The van der Waals surface area contributed by atoms with Crippen molar-refractivity contribution in [3.8, 4) is 45.1 Å². The molecule has 0 fully saturated rings. The molecule has 0 spiro atoms. The van der Waals surface area contributed by atoms with Crippen molar-refractivity contribution in [1.82, 2.24) is 14.1 Å². The van der Waals surface area contributed by atoms with Gasteiger partial charge in [-0.2, -0.15) is 0 Å². The van der Waals surface area contributed by atoms with Crippen molar-refractivity contribution in [2.24, 2.45) is 0 Å². The Labute approximate surface area is 346 Å². The van der Waals surface area contributed by atoms with Crippen molar-refractivity contribution >= 4 is 22.5 Å². The number of ether oxygens (including phenoxy) is 1. The number of aromatic nitrogens is 3. The van der Waals surface area contributed by atoms with Gasteiger partial charge in [-0.15, -0.1) is 0 Å². The molecule has 9 rings (SSSR count). The van der Waals surface area contributed by atoms with E-state index in [9.17, 15) is 0 Å². The number of benzene rings is 6. The molecule has 8 aromatic rings. The molecule has 0 saturated carbocycles. The molecule has 0 atom stereocenters. The van der Waals surface area contributed by atoms with Crippen LogP contribution in [0.1, 0.15) is 52.2 Å². The van der Waals surface area contributed by atoms with Crippen LogP contribution in [-0.4, -0.2) is 19.7 Å². The van der Waals surface area contributed by atoms with Gasteiger partial charge in [0.05, 0.1) is 0 Å². The van der Waals surface area contributed by atoms with Gasteiger partial charge in [0, 0.05) is 6.20 Å². The monoisotopic (exact) mass is 923 g/mol. The quantitative estimate of drug-likeness (QED) is 0.149. The number of imidazole rings is 1. The molecule has 1 aliphatic rings. The van der Waals surface area contributed by atoms with Crippen molar-refractivity contribution in [2.45, 2.75) is 58.4 Å². The maximum atomic E-state index is 6.65. The SMILES string of the molecule is CC(C)(C)c1ccnc(N2c3[c-]c(Oc4[c-]c(-n5[c](=[Pt])n(-c6c(-c7ccccc7)cccc6-c6ccccc6)c6ccccc65)ccc4)ccc3CCC2(C)C)c1. The Balaban J connectivity index is 1.15. The first kappa shape index (κ1) is 36.8. The summed E-state index contributed by atoms with van der Waals surface area (Å²) in [5.74, 6) is 2.19. The molecule has 0 unspecified atom stereocenters. The van der Waals surface area contributed by atoms with E-state index in [2.05, 4.69) is 208 Å². The van der Waals surface area contributed by atoms with Gasteiger partial charge in [0.25, 0.3) is 0 Å². The summed E-state index contributed by atoms with van der Waals surface area (Å²) in [4.78, 5) is 7.23. The van der Waals surface area contributed by atoms with Crippen LogP contribution in [0.15, 0.2) is 152 Å². The fourth-order valence-electron chi connectivity index (χ4n) is 8.03. The van der Waals surface area contributed by atoms with Crippen molar-refractivity contribution in [1.29, 1.82) is 0 Å². The normalized spacial score (nSPS) is 13.8. The zero-order chi connectivity index (χ0) is 39.3. The van der Waals surface area contributed by atoms with E-state index in [0.717, 1.165) is 72.8 Å². The molecular formula is C51H44N4OPt-2. The molecule has 0 N–H and O–H groups in total. The number of aryl methyl sites for hydroxylation is 1. The molecule has 6 heteroatoms. The van der Waals surface area contributed by atoms with E-state index in [1.807, 2.05) is 24.4 Å². The molecule has 1 aliphatic heterocycles. The Morgan fingerprint density at radius 2 is 1.28 bits per heavy atom. The number of hydrogen-bond donors (Lipinski definition) is 0. The van der Waals surface area contributed by atoms with Crippen LogP contribution < -0.4 is 9.64 Å². The van der Waals surface area contributed by atoms with Crippen molar-refractivity contribution in [3.05, 3.63) is 179 Å². The maximum absolute atomic E-state index is 6.65. The molecule has 0 amide bonds. The molecule has 3 heterocycles. The van der Waals surface area contributed by atoms with Crippen LogP contribution in [0.5, 0.6) is 11.5 Å². The second-order valence-electron chi connectivity index (χ2n) is 16.3. The average Bonchev–Trinajstić information content (AvgIpc) is 3.51. The Bertz CT molecular complexity index is 2750. The average molecular weight is 924 g/mol. The molecule has 6 aromatic carbocycles. The van der Waals surface area contributed by atoms with E-state index in [1.54, 1.807) is 0 Å². The Kier molecular flexibility index (Phi) is 9.45. The minimum atomic E-state index is -0.154. The van der Waals surface area contributed by atoms with E-state index < -0.39 is 0 Å². The molecule has 286 valence electrons. The van der Waals surface area contributed by atoms with Crippen LogP contribution >= 0.6 is 0 Å². The Hall–Kier alpha value is -5.77. The number of hydrogen-bond acceptors (Lipinski definition) is 3. The van der Waals surface area contributed by atoms with E-state index in [1.165, 1.54) is 11.1 Å². The van der Waals surface area contributed by atoms with Gasteiger partial charge in [-0.1, -0.05) is 20.8 Å². The first-order valence-corrected chi connectivity index (χ1v) is 20.7. The number of rotatable bonds is 7. The molecule has 2 aromatic heterocycles. The van der Waals surface area contributed by atoms with Crippen LogP contribution in [0, 0.1) is 15.9 Å². The second-order valence-corrected chi connectivity index (χ2v) is 17.4. The summed E-state index contributed by atoms with van der Waals surface area (Å²) in [7, 11) is 0. The zero-order valence-corrected chi connectivity index (χ0v) is 35.1. The van der Waals surface area contributed by atoms with Crippen LogP contribution in [0.2, 0.25) is 0 Å². The molecular weight excluding hydrogens is 880 g/mol. The second kappa shape index (κ2) is 14.6. The van der Waals surface area contributed by atoms with E-state index in [4.69, 9.17) is 9.72 Å². The van der Waals surface area contributed by atoms with Crippen molar-refractivity contribution < 1.29 is 24.1 Å². The number of nitrogens with zero attached hydrogens (tertiary/aromatic N) is 4. The number of pyridine rings is 1. The topological polar surface area (TPSA) is 35.2 Å². The summed E-state index contributed by atoms with van der Waals surface area (Å²) in [6.45, 7) is 11.3. The third-order valence-corrected chi connectivity index (χ3v) is 12.0. The van der Waals surface area contributed by atoms with Gasteiger partial charge in [-0.25, -0.2) is 0 Å². The van der Waals surface area contributed by atoms with E-state index in [-0.39, 0.29) is 11.0 Å². The molecule has 0 radical (unpaired) electrons. The Morgan fingerprint density at radius 3 is 1.95 bits per heavy atom. The summed E-state index contributed by atoms with van der Waals surface area (Å²) in [6.07, 6.45) is 3.91. The molecule has 57 heavy (non-hydrogen) atoms. The van der Waals surface area contributed by atoms with Crippen LogP contribution in [0.25, 0.3) is 44.7 Å². The van der Waals surface area contributed by atoms with E-state index in [0.29, 0.717) is 11.5 Å². The van der Waals surface area contributed by atoms with Gasteiger partial charge in [0.1, 0.15) is 0 Å². The fourth-order valence-corrected chi connectivity index (χ4v) is 9.10. The minimum absolute atomic E-state index is 0.00755. The van der Waals surface area contributed by atoms with Crippen molar-refractivity contribution in [2.75, 3.05) is 4.90 Å². The van der Waals surface area contributed by atoms with Crippen LogP contribution in [-0.2, 0) is 31.2 Å². The van der Waals surface area contributed by atoms with Gasteiger partial charge < -0.3 is 0 Å². The molecule has 5 nitrogen and oxygen atoms in total. The zero-order valence-electron chi connectivity index (χ0n) is 32.9. The van der Waals surface area contributed by atoms with Gasteiger partial charge in [0.15, 0.2) is 0 Å². The number of para-hydroxylation sites is 3. The predicted molar refractivity (Wildman–Crippen MR) is 228 cm³/mol. The number of anilines is 2. The summed E-state index contributed by atoms with van der Waals surface area (Å²) >= 11 is 2.47. The predicted octanol–water partition coefficient (Wildman–Crippen LogP) is 12.8. The Morgan fingerprint density at radius 1 is 0.667 bits per heavy atom. The van der Waals surface area contributed by atoms with Gasteiger partial charge in [-0.3, -0.25) is 0 Å². The summed E-state index contributed by atoms with van der Waals surface area (Å²) in [5.41, 5.74) is 12.2. The molecule has 0 bridgehead atoms. The third-order valence-electron chi connectivity index (χ3n) is 11.0. The van der Waals surface area contributed by atoms with E-state index >= 15 is 0 Å². The van der Waals surface area contributed by atoms with Crippen LogP contribution in [0.4, 0.5) is 11.5 Å². The first-order chi connectivity index (χ1) is 27.6. The third kappa shape index (κ3) is 6.89. The first-order valence-electron chi connectivity index (χ1n) is 19.5. The van der Waals surface area contributed by atoms with Gasteiger partial charge in [0.2, 0.25) is 0 Å². The van der Waals surface area contributed by atoms with Gasteiger partial charge >= 0.3 is 304 Å². The number of fused-ring (bicyclic) bond motifs is 2. The van der Waals surface area contributed by atoms with Crippen molar-refractivity contribution in [3.63, 3.8) is 0 Å². The summed E-state index contributed by atoms with van der Waals surface area (Å²) in [5, 5.41) is 0.